The van der Waals surface area contributed by atoms with Crippen molar-refractivity contribution < 1.29 is 13.2 Å². The summed E-state index contributed by atoms with van der Waals surface area (Å²) in [7, 11) is 0.555. The predicted octanol–water partition coefficient (Wildman–Crippen LogP) is 8.43. The molecule has 0 bridgehead atoms. The summed E-state index contributed by atoms with van der Waals surface area (Å²) < 4.78 is 28.2. The Labute approximate surface area is 254 Å². The molecule has 2 aliphatic rings. The standard InChI is InChI=1S/C32H38Cl3NO3S/c1-20(15-30(37)32-28(34)9-6-10-29(32)35)21(2)23-11-12-24-16-22(13-14-36(3)4)17-31(27(24)18-23)40(38,39)26-8-5-7-25(33)19-26/h5-7,9-12,18-22,26,31H,8,13-17H2,1-4H3/t20?,21?,22-,26?,31?/m1/s1. The Morgan fingerprint density at radius 2 is 1.77 bits per heavy atom. The van der Waals surface area contributed by atoms with E-state index in [1.165, 1.54) is 0 Å². The highest BCUT2D eigenvalue weighted by atomic mass is 35.5. The number of fused-ring (bicyclic) bond motifs is 1. The molecule has 216 valence electrons. The molecule has 4 rings (SSSR count). The third-order valence-electron chi connectivity index (χ3n) is 8.49. The van der Waals surface area contributed by atoms with Gasteiger partial charge in [0.2, 0.25) is 0 Å². The second kappa shape index (κ2) is 13.1. The Bertz CT molecular complexity index is 1400. The van der Waals surface area contributed by atoms with Gasteiger partial charge in [-0.3, -0.25) is 4.79 Å². The summed E-state index contributed by atoms with van der Waals surface area (Å²) in [5.74, 6) is 0.214. The Hall–Kier alpha value is -1.63. The Balaban J connectivity index is 1.63. The van der Waals surface area contributed by atoms with Crippen LogP contribution in [0.5, 0.6) is 0 Å². The number of rotatable bonds is 10. The van der Waals surface area contributed by atoms with Crippen molar-refractivity contribution in [3.05, 3.63) is 92.0 Å². The molecule has 40 heavy (non-hydrogen) atoms. The van der Waals surface area contributed by atoms with Crippen LogP contribution >= 0.6 is 34.8 Å². The van der Waals surface area contributed by atoms with Crippen LogP contribution in [0, 0.1) is 11.8 Å². The zero-order valence-corrected chi connectivity index (χ0v) is 26.6. The van der Waals surface area contributed by atoms with E-state index in [1.807, 2.05) is 27.1 Å². The minimum Gasteiger partial charge on any atom is -0.309 e. The molecular weight excluding hydrogens is 585 g/mol. The minimum atomic E-state index is -3.54. The number of hydrogen-bond donors (Lipinski definition) is 0. The summed E-state index contributed by atoms with van der Waals surface area (Å²) >= 11 is 18.8. The van der Waals surface area contributed by atoms with Gasteiger partial charge in [0.15, 0.2) is 15.6 Å². The van der Waals surface area contributed by atoms with Crippen LogP contribution in [0.2, 0.25) is 10.0 Å². The molecule has 8 heteroatoms. The van der Waals surface area contributed by atoms with E-state index in [2.05, 4.69) is 30.0 Å². The van der Waals surface area contributed by atoms with E-state index in [1.54, 1.807) is 30.4 Å². The van der Waals surface area contributed by atoms with Crippen molar-refractivity contribution in [2.24, 2.45) is 11.8 Å². The number of sulfone groups is 1. The van der Waals surface area contributed by atoms with Crippen molar-refractivity contribution in [3.8, 4) is 0 Å². The number of halogens is 3. The number of carbonyl (C=O) groups is 1. The van der Waals surface area contributed by atoms with Crippen LogP contribution < -0.4 is 0 Å². The van der Waals surface area contributed by atoms with Crippen LogP contribution in [0.4, 0.5) is 0 Å². The van der Waals surface area contributed by atoms with Gasteiger partial charge >= 0.3 is 0 Å². The fraction of sp³-hybridized carbons (Fsp3) is 0.469. The molecule has 0 aliphatic heterocycles. The average molecular weight is 623 g/mol. The zero-order valence-electron chi connectivity index (χ0n) is 23.5. The van der Waals surface area contributed by atoms with Crippen molar-refractivity contribution in [3.63, 3.8) is 0 Å². The normalized spacial score (nSPS) is 22.5. The van der Waals surface area contributed by atoms with E-state index in [-0.39, 0.29) is 30.0 Å². The van der Waals surface area contributed by atoms with Crippen molar-refractivity contribution in [2.45, 2.75) is 62.4 Å². The molecule has 0 spiro atoms. The van der Waals surface area contributed by atoms with Gasteiger partial charge in [0.1, 0.15) is 0 Å². The molecule has 2 aliphatic carbocycles. The van der Waals surface area contributed by atoms with Crippen LogP contribution in [-0.4, -0.2) is 45.0 Å². The van der Waals surface area contributed by atoms with Gasteiger partial charge < -0.3 is 4.90 Å². The van der Waals surface area contributed by atoms with Crippen LogP contribution in [0.1, 0.15) is 77.7 Å². The van der Waals surface area contributed by atoms with E-state index >= 15 is 0 Å². The lowest BCUT2D eigenvalue weighted by Crippen LogP contribution is -2.32. The van der Waals surface area contributed by atoms with Crippen LogP contribution in [0.3, 0.4) is 0 Å². The molecule has 0 heterocycles. The highest BCUT2D eigenvalue weighted by molar-refractivity contribution is 7.92. The minimum absolute atomic E-state index is 0.00500. The molecule has 0 amide bonds. The monoisotopic (exact) mass is 621 g/mol. The van der Waals surface area contributed by atoms with E-state index in [0.29, 0.717) is 33.5 Å². The van der Waals surface area contributed by atoms with E-state index < -0.39 is 20.3 Å². The predicted molar refractivity (Wildman–Crippen MR) is 168 cm³/mol. The Kier molecular flexibility index (Phi) is 10.3. The van der Waals surface area contributed by atoms with Gasteiger partial charge in [0, 0.05) is 11.5 Å². The third kappa shape index (κ3) is 7.04. The lowest BCUT2D eigenvalue weighted by Gasteiger charge is -2.35. The number of nitrogens with zero attached hydrogens (tertiary/aromatic N) is 1. The molecule has 0 saturated carbocycles. The Morgan fingerprint density at radius 1 is 1.07 bits per heavy atom. The van der Waals surface area contributed by atoms with Gasteiger partial charge in [-0.15, -0.1) is 0 Å². The van der Waals surface area contributed by atoms with E-state index in [4.69, 9.17) is 34.8 Å². The maximum atomic E-state index is 14.1. The molecule has 0 radical (unpaired) electrons. The molecular formula is C32H38Cl3NO3S. The molecule has 4 unspecified atom stereocenters. The summed E-state index contributed by atoms with van der Waals surface area (Å²) in [6.07, 6.45) is 8.43. The van der Waals surface area contributed by atoms with Gasteiger partial charge in [-0.1, -0.05) is 79.0 Å². The first-order chi connectivity index (χ1) is 18.9. The highest BCUT2D eigenvalue weighted by Crippen LogP contribution is 2.44. The van der Waals surface area contributed by atoms with Gasteiger partial charge in [0.25, 0.3) is 0 Å². The molecule has 0 saturated heterocycles. The molecule has 2 aromatic rings. The molecule has 0 fully saturated rings. The molecule has 2 aromatic carbocycles. The topological polar surface area (TPSA) is 54.5 Å². The highest BCUT2D eigenvalue weighted by Gasteiger charge is 2.40. The van der Waals surface area contributed by atoms with E-state index in [0.717, 1.165) is 36.1 Å². The smallest absolute Gasteiger partial charge is 0.166 e. The second-order valence-electron chi connectivity index (χ2n) is 11.7. The summed E-state index contributed by atoms with van der Waals surface area (Å²) in [6, 6.07) is 11.4. The number of ketones is 1. The van der Waals surface area contributed by atoms with Crippen molar-refractivity contribution >= 4 is 50.4 Å². The first-order valence-electron chi connectivity index (χ1n) is 13.9. The lowest BCUT2D eigenvalue weighted by atomic mass is 9.78. The quantitative estimate of drug-likeness (QED) is 0.250. The lowest BCUT2D eigenvalue weighted by molar-refractivity contribution is 0.0960. The first kappa shape index (κ1) is 31.3. The zero-order chi connectivity index (χ0) is 29.2. The van der Waals surface area contributed by atoms with Crippen LogP contribution in [-0.2, 0) is 16.3 Å². The van der Waals surface area contributed by atoms with E-state index in [9.17, 15) is 13.2 Å². The third-order valence-corrected chi connectivity index (χ3v) is 11.8. The van der Waals surface area contributed by atoms with Gasteiger partial charge in [-0.2, -0.15) is 0 Å². The number of benzene rings is 2. The summed E-state index contributed by atoms with van der Waals surface area (Å²) in [5.41, 5.74) is 3.40. The maximum absolute atomic E-state index is 14.1. The SMILES string of the molecule is CC(CC(=O)c1c(Cl)cccc1Cl)C(C)c1ccc2c(c1)C(S(=O)(=O)C1C=C(Cl)C=CC1)C[C@H](CCN(C)C)C2. The molecule has 0 aromatic heterocycles. The number of Topliss-reactive ketones (excluding diaryl/α,β-unsaturated/α-hetero) is 1. The number of allylic oxidation sites excluding steroid dienone is 3. The first-order valence-corrected chi connectivity index (χ1v) is 16.6. The summed E-state index contributed by atoms with van der Waals surface area (Å²) in [6.45, 7) is 5.05. The van der Waals surface area contributed by atoms with Crippen molar-refractivity contribution in [2.75, 3.05) is 20.6 Å². The fourth-order valence-corrected chi connectivity index (χ4v) is 9.07. The molecule has 5 atom stereocenters. The number of hydrogen-bond acceptors (Lipinski definition) is 4. The van der Waals surface area contributed by atoms with Crippen LogP contribution in [0.15, 0.2) is 59.7 Å². The van der Waals surface area contributed by atoms with Gasteiger partial charge in [-0.05, 0) is 105 Å². The summed E-state index contributed by atoms with van der Waals surface area (Å²) in [5, 5.41) is -0.0379. The molecule has 0 N–H and O–H groups in total. The largest absolute Gasteiger partial charge is 0.309 e. The van der Waals surface area contributed by atoms with Gasteiger partial charge in [-0.25, -0.2) is 8.42 Å². The fourth-order valence-electron chi connectivity index (χ4n) is 5.90. The van der Waals surface area contributed by atoms with Crippen LogP contribution in [0.25, 0.3) is 0 Å². The number of carbonyl (C=O) groups excluding carboxylic acids is 1. The Morgan fingerprint density at radius 3 is 2.42 bits per heavy atom. The molecule has 4 nitrogen and oxygen atoms in total. The van der Waals surface area contributed by atoms with Crippen molar-refractivity contribution in [1.29, 1.82) is 0 Å². The average Bonchev–Trinajstić information content (AvgIpc) is 2.90. The van der Waals surface area contributed by atoms with Crippen molar-refractivity contribution in [1.82, 2.24) is 4.90 Å². The van der Waals surface area contributed by atoms with Gasteiger partial charge in [0.05, 0.1) is 26.1 Å². The summed E-state index contributed by atoms with van der Waals surface area (Å²) in [4.78, 5) is 15.3. The second-order valence-corrected chi connectivity index (χ2v) is 15.3. The maximum Gasteiger partial charge on any atom is 0.166 e.